The van der Waals surface area contributed by atoms with Crippen LogP contribution in [0.4, 0.5) is 0 Å². The van der Waals surface area contributed by atoms with Crippen LogP contribution in [-0.4, -0.2) is 45.0 Å². The summed E-state index contributed by atoms with van der Waals surface area (Å²) in [6.45, 7) is 4.86. The summed E-state index contributed by atoms with van der Waals surface area (Å²) in [5, 5.41) is 3.51. The largest absolute Gasteiger partial charge is 0.331 e. The van der Waals surface area contributed by atoms with Gasteiger partial charge in [-0.15, -0.1) is 0 Å². The summed E-state index contributed by atoms with van der Waals surface area (Å²) < 4.78 is 1.85. The van der Waals surface area contributed by atoms with Crippen LogP contribution in [-0.2, 0) is 7.05 Å². The molecule has 3 aromatic rings. The summed E-state index contributed by atoms with van der Waals surface area (Å²) in [6.07, 6.45) is 3.42. The maximum absolute atomic E-state index is 13.6. The number of rotatable bonds is 2. The van der Waals surface area contributed by atoms with E-state index in [0.29, 0.717) is 22.9 Å². The van der Waals surface area contributed by atoms with E-state index in [1.54, 1.807) is 18.6 Å². The number of aromatic nitrogens is 3. The van der Waals surface area contributed by atoms with Gasteiger partial charge in [-0.1, -0.05) is 24.3 Å². The van der Waals surface area contributed by atoms with Crippen molar-refractivity contribution in [1.82, 2.24) is 24.8 Å². The van der Waals surface area contributed by atoms with Crippen molar-refractivity contribution < 1.29 is 4.79 Å². The van der Waals surface area contributed by atoms with Crippen molar-refractivity contribution in [3.63, 3.8) is 0 Å². The predicted molar refractivity (Wildman–Crippen MR) is 103 cm³/mol. The first-order chi connectivity index (χ1) is 13.1. The van der Waals surface area contributed by atoms with Gasteiger partial charge in [-0.25, -0.2) is 9.97 Å². The Kier molecular flexibility index (Phi) is 3.75. The van der Waals surface area contributed by atoms with Crippen molar-refractivity contribution in [1.29, 1.82) is 0 Å². The summed E-state index contributed by atoms with van der Waals surface area (Å²) in [4.78, 5) is 24.5. The van der Waals surface area contributed by atoms with Gasteiger partial charge in [0.15, 0.2) is 5.65 Å². The van der Waals surface area contributed by atoms with Gasteiger partial charge in [-0.3, -0.25) is 4.79 Å². The first kappa shape index (κ1) is 16.4. The van der Waals surface area contributed by atoms with Gasteiger partial charge in [0.2, 0.25) is 0 Å². The van der Waals surface area contributed by atoms with Crippen molar-refractivity contribution in [3.8, 4) is 0 Å². The van der Waals surface area contributed by atoms with Gasteiger partial charge in [0.1, 0.15) is 5.52 Å². The Morgan fingerprint density at radius 3 is 2.89 bits per heavy atom. The van der Waals surface area contributed by atoms with Crippen LogP contribution in [0.3, 0.4) is 0 Å². The van der Waals surface area contributed by atoms with Crippen LogP contribution in [0.1, 0.15) is 27.5 Å². The number of hydrogen-bond acceptors (Lipinski definition) is 4. The van der Waals surface area contributed by atoms with Crippen molar-refractivity contribution in [2.45, 2.75) is 13.0 Å². The van der Waals surface area contributed by atoms with Crippen molar-refractivity contribution in [2.75, 3.05) is 19.6 Å². The molecule has 0 bridgehead atoms. The lowest BCUT2D eigenvalue weighted by Gasteiger charge is -2.29. The molecule has 2 aromatic heterocycles. The fraction of sp³-hybridized carbons (Fsp3) is 0.381. The topological polar surface area (TPSA) is 63.1 Å². The molecule has 27 heavy (non-hydrogen) atoms. The van der Waals surface area contributed by atoms with E-state index in [0.717, 1.165) is 25.3 Å². The third-order valence-electron chi connectivity index (χ3n) is 6.16. The highest BCUT2D eigenvalue weighted by Gasteiger charge is 2.47. The lowest BCUT2D eigenvalue weighted by Crippen LogP contribution is -2.35. The van der Waals surface area contributed by atoms with Crippen LogP contribution in [0.2, 0.25) is 0 Å². The first-order valence-electron chi connectivity index (χ1n) is 9.48. The van der Waals surface area contributed by atoms with Gasteiger partial charge >= 0.3 is 0 Å². The van der Waals surface area contributed by atoms with Gasteiger partial charge < -0.3 is 14.8 Å². The second kappa shape index (κ2) is 6.16. The Bertz CT molecular complexity index is 1030. The molecule has 138 valence electrons. The summed E-state index contributed by atoms with van der Waals surface area (Å²) in [5.74, 6) is 1.01. The number of nitrogens with zero attached hydrogens (tertiary/aromatic N) is 4. The van der Waals surface area contributed by atoms with E-state index in [1.165, 1.54) is 11.1 Å². The molecule has 1 N–H and O–H groups in total. The monoisotopic (exact) mass is 361 g/mol. The Labute approximate surface area is 158 Å². The van der Waals surface area contributed by atoms with Crippen LogP contribution in [0.15, 0.2) is 42.9 Å². The number of imidazole rings is 1. The normalized spacial score (nSPS) is 24.5. The summed E-state index contributed by atoms with van der Waals surface area (Å²) in [5.41, 5.74) is 4.57. The lowest BCUT2D eigenvalue weighted by molar-refractivity contribution is 0.0715. The molecular weight excluding hydrogens is 338 g/mol. The number of fused-ring (bicyclic) bond motifs is 2. The Morgan fingerprint density at radius 1 is 1.19 bits per heavy atom. The molecule has 6 heteroatoms. The maximum atomic E-state index is 13.6. The minimum absolute atomic E-state index is 0.0590. The highest BCUT2D eigenvalue weighted by molar-refractivity contribution is 6.04. The fourth-order valence-electron chi connectivity index (χ4n) is 4.80. The van der Waals surface area contributed by atoms with E-state index in [-0.39, 0.29) is 11.9 Å². The second-order valence-electron chi connectivity index (χ2n) is 7.73. The molecule has 3 atom stereocenters. The van der Waals surface area contributed by atoms with E-state index in [2.05, 4.69) is 51.4 Å². The number of carbonyl (C=O) groups excluding carboxylic acids is 1. The van der Waals surface area contributed by atoms with Crippen molar-refractivity contribution in [2.24, 2.45) is 18.9 Å². The molecule has 2 aliphatic rings. The summed E-state index contributed by atoms with van der Waals surface area (Å²) in [6, 6.07) is 10.3. The average molecular weight is 361 g/mol. The molecule has 0 aliphatic carbocycles. The van der Waals surface area contributed by atoms with Gasteiger partial charge in [0, 0.05) is 38.8 Å². The number of nitrogens with one attached hydrogen (secondary N) is 1. The second-order valence-corrected chi connectivity index (χ2v) is 7.73. The molecule has 1 amide bonds. The Hall–Kier alpha value is -2.73. The van der Waals surface area contributed by atoms with Gasteiger partial charge in [-0.2, -0.15) is 0 Å². The van der Waals surface area contributed by atoms with Crippen molar-refractivity contribution in [3.05, 3.63) is 59.5 Å². The zero-order valence-electron chi connectivity index (χ0n) is 15.6. The molecule has 5 rings (SSSR count). The molecule has 2 aliphatic heterocycles. The molecule has 0 saturated carbocycles. The number of carbonyl (C=O) groups is 1. The van der Waals surface area contributed by atoms with E-state index in [9.17, 15) is 4.79 Å². The molecule has 0 unspecified atom stereocenters. The van der Waals surface area contributed by atoms with Crippen molar-refractivity contribution >= 4 is 17.1 Å². The number of hydrogen-bond donors (Lipinski definition) is 1. The van der Waals surface area contributed by atoms with Gasteiger partial charge in [0.25, 0.3) is 5.91 Å². The number of pyridine rings is 1. The number of aryl methyl sites for hydroxylation is 2. The first-order valence-corrected chi connectivity index (χ1v) is 9.48. The Morgan fingerprint density at radius 2 is 2.04 bits per heavy atom. The van der Waals surface area contributed by atoms with Crippen LogP contribution in [0.5, 0.6) is 0 Å². The van der Waals surface area contributed by atoms with Crippen LogP contribution < -0.4 is 5.32 Å². The Balaban J connectivity index is 1.60. The van der Waals surface area contributed by atoms with E-state index >= 15 is 0 Å². The third-order valence-corrected chi connectivity index (χ3v) is 6.16. The van der Waals surface area contributed by atoms with Gasteiger partial charge in [0.05, 0.1) is 17.9 Å². The van der Waals surface area contributed by atoms with E-state index in [4.69, 9.17) is 0 Å². The SMILES string of the molecule is Cc1ccccc1[C@@H]1[C@H]2CNC[C@H]2CN1C(=O)c1ccnc2c1ncn2C. The molecule has 1 aromatic carbocycles. The fourth-order valence-corrected chi connectivity index (χ4v) is 4.80. The van der Waals surface area contributed by atoms with Crippen LogP contribution >= 0.6 is 0 Å². The van der Waals surface area contributed by atoms with E-state index in [1.807, 2.05) is 11.6 Å². The molecule has 4 heterocycles. The third kappa shape index (κ3) is 2.47. The highest BCUT2D eigenvalue weighted by Crippen LogP contribution is 2.44. The smallest absolute Gasteiger partial charge is 0.256 e. The highest BCUT2D eigenvalue weighted by atomic mass is 16.2. The molecule has 0 radical (unpaired) electrons. The average Bonchev–Trinajstić information content (AvgIpc) is 3.36. The molecule has 2 fully saturated rings. The van der Waals surface area contributed by atoms with Crippen LogP contribution in [0.25, 0.3) is 11.2 Å². The zero-order chi connectivity index (χ0) is 18.5. The standard InChI is InChI=1S/C21H23N5O/c1-13-5-3-4-6-15(13)19-17-10-22-9-14(17)11-26(19)21(27)16-7-8-23-20-18(16)24-12-25(20)2/h3-8,12,14,17,19,22H,9-11H2,1-2H3/t14-,17-,19+/m0/s1. The minimum Gasteiger partial charge on any atom is -0.331 e. The minimum atomic E-state index is 0.0590. The number of benzene rings is 1. The van der Waals surface area contributed by atoms with Gasteiger partial charge in [-0.05, 0) is 30.0 Å². The summed E-state index contributed by atoms with van der Waals surface area (Å²) >= 11 is 0. The predicted octanol–water partition coefficient (Wildman–Crippen LogP) is 2.31. The van der Waals surface area contributed by atoms with E-state index < -0.39 is 0 Å². The number of likely N-dealkylation sites (tertiary alicyclic amines) is 1. The number of amides is 1. The molecular formula is C21H23N5O. The molecule has 0 spiro atoms. The molecule has 6 nitrogen and oxygen atoms in total. The summed E-state index contributed by atoms with van der Waals surface area (Å²) in [7, 11) is 1.90. The lowest BCUT2D eigenvalue weighted by atomic mass is 9.87. The zero-order valence-corrected chi connectivity index (χ0v) is 15.6. The molecule has 2 saturated heterocycles. The quantitative estimate of drug-likeness (QED) is 0.761. The van der Waals surface area contributed by atoms with Crippen LogP contribution in [0, 0.1) is 18.8 Å². The maximum Gasteiger partial charge on any atom is 0.256 e.